The first-order valence-corrected chi connectivity index (χ1v) is 9.04. The average Bonchev–Trinajstić information content (AvgIpc) is 3.16. The molecule has 1 aliphatic rings. The van der Waals surface area contributed by atoms with Gasteiger partial charge in [0, 0.05) is 29.5 Å². The predicted octanol–water partition coefficient (Wildman–Crippen LogP) is 1.85. The van der Waals surface area contributed by atoms with E-state index in [4.69, 9.17) is 4.74 Å². The Hall–Kier alpha value is -3.07. The number of hydrogen-bond acceptors (Lipinski definition) is 7. The van der Waals surface area contributed by atoms with Gasteiger partial charge >= 0.3 is 5.69 Å². The first kappa shape index (κ1) is 18.7. The maximum atomic E-state index is 13.0. The minimum atomic E-state index is -1.43. The van der Waals surface area contributed by atoms with Crippen LogP contribution in [0.5, 0.6) is 5.75 Å². The number of hydrogen-bond donors (Lipinski definition) is 0. The molecule has 1 heterocycles. The van der Waals surface area contributed by atoms with Gasteiger partial charge in [-0.1, -0.05) is 24.3 Å². The third-order valence-corrected chi connectivity index (χ3v) is 5.47. The fraction of sp³-hybridized carbons (Fsp3) is 0.222. The second-order valence-corrected chi connectivity index (χ2v) is 6.93. The highest BCUT2D eigenvalue weighted by atomic mass is 32.2. The number of amides is 1. The molecule has 1 saturated heterocycles. The molecule has 0 bridgehead atoms. The van der Waals surface area contributed by atoms with Gasteiger partial charge < -0.3 is 19.5 Å². The summed E-state index contributed by atoms with van der Waals surface area (Å²) >= 11 is 1.45. The van der Waals surface area contributed by atoms with E-state index in [0.29, 0.717) is 17.9 Å². The summed E-state index contributed by atoms with van der Waals surface area (Å²) in [5.74, 6) is -1.12. The van der Waals surface area contributed by atoms with E-state index in [9.17, 15) is 24.8 Å². The standard InChI is InChI=1S/C18H16N2O6S/c1-26-15-7-6-11(10-14(15)20(24)25)17-19(8-9-27-17)16(21)12-4-2-3-5-13(12)18(22)23/h2-7,10,17H,8-9H2,1H3,(H,22,23)/p-1/t17-/m0/s1. The molecule has 9 heteroatoms. The zero-order valence-electron chi connectivity index (χ0n) is 14.3. The number of methoxy groups -OCH3 is 1. The van der Waals surface area contributed by atoms with Crippen molar-refractivity contribution in [2.24, 2.45) is 0 Å². The minimum Gasteiger partial charge on any atom is -0.545 e. The maximum Gasteiger partial charge on any atom is 0.311 e. The van der Waals surface area contributed by atoms with E-state index in [1.54, 1.807) is 12.1 Å². The monoisotopic (exact) mass is 387 g/mol. The van der Waals surface area contributed by atoms with Crippen LogP contribution in [0, 0.1) is 10.1 Å². The van der Waals surface area contributed by atoms with Crippen LogP contribution in [-0.4, -0.2) is 41.1 Å². The van der Waals surface area contributed by atoms with Crippen LogP contribution in [0.25, 0.3) is 0 Å². The lowest BCUT2D eigenvalue weighted by Crippen LogP contribution is -2.33. The molecule has 0 spiro atoms. The van der Waals surface area contributed by atoms with Gasteiger partial charge in [0.2, 0.25) is 0 Å². The van der Waals surface area contributed by atoms with Gasteiger partial charge in [0.05, 0.1) is 18.0 Å². The summed E-state index contributed by atoms with van der Waals surface area (Å²) < 4.78 is 5.01. The fourth-order valence-electron chi connectivity index (χ4n) is 2.96. The topological polar surface area (TPSA) is 113 Å². The molecule has 27 heavy (non-hydrogen) atoms. The number of aromatic carboxylic acids is 1. The lowest BCUT2D eigenvalue weighted by atomic mass is 10.1. The fourth-order valence-corrected chi connectivity index (χ4v) is 4.21. The van der Waals surface area contributed by atoms with Crippen molar-refractivity contribution < 1.29 is 24.4 Å². The van der Waals surface area contributed by atoms with E-state index in [1.165, 1.54) is 54.1 Å². The van der Waals surface area contributed by atoms with Crippen LogP contribution in [-0.2, 0) is 0 Å². The highest BCUT2D eigenvalue weighted by molar-refractivity contribution is 7.99. The Morgan fingerprint density at radius 3 is 2.56 bits per heavy atom. The molecular weight excluding hydrogens is 372 g/mol. The number of benzene rings is 2. The molecule has 0 saturated carbocycles. The summed E-state index contributed by atoms with van der Waals surface area (Å²) in [6, 6.07) is 10.4. The number of nitrogens with zero attached hydrogens (tertiary/aromatic N) is 2. The van der Waals surface area contributed by atoms with Gasteiger partial charge in [-0.2, -0.15) is 0 Å². The molecule has 1 aliphatic heterocycles. The molecule has 1 atom stereocenters. The Labute approximate surface area is 158 Å². The molecule has 1 fully saturated rings. The number of carbonyl (C=O) groups excluding carboxylic acids is 2. The van der Waals surface area contributed by atoms with Gasteiger partial charge in [0.15, 0.2) is 5.75 Å². The van der Waals surface area contributed by atoms with Gasteiger partial charge in [-0.15, -0.1) is 11.8 Å². The van der Waals surface area contributed by atoms with Crippen molar-refractivity contribution in [1.82, 2.24) is 4.90 Å². The van der Waals surface area contributed by atoms with Gasteiger partial charge in [0.25, 0.3) is 5.91 Å². The molecule has 0 aromatic heterocycles. The average molecular weight is 387 g/mol. The van der Waals surface area contributed by atoms with E-state index in [0.717, 1.165) is 0 Å². The maximum absolute atomic E-state index is 13.0. The number of carboxylic acids is 1. The molecular formula is C18H15N2O6S-. The van der Waals surface area contributed by atoms with Crippen molar-refractivity contribution in [3.63, 3.8) is 0 Å². The summed E-state index contributed by atoms with van der Waals surface area (Å²) in [5.41, 5.74) is 0.237. The molecule has 0 aliphatic carbocycles. The van der Waals surface area contributed by atoms with E-state index < -0.39 is 22.2 Å². The Morgan fingerprint density at radius 1 is 1.22 bits per heavy atom. The molecule has 3 rings (SSSR count). The largest absolute Gasteiger partial charge is 0.545 e. The summed E-state index contributed by atoms with van der Waals surface area (Å²) in [6.45, 7) is 0.398. The van der Waals surface area contributed by atoms with E-state index in [1.807, 2.05) is 0 Å². The highest BCUT2D eigenvalue weighted by Gasteiger charge is 2.33. The second kappa shape index (κ2) is 7.67. The number of nitro benzene ring substituents is 1. The highest BCUT2D eigenvalue weighted by Crippen LogP contribution is 2.41. The lowest BCUT2D eigenvalue weighted by molar-refractivity contribution is -0.385. The Bertz CT molecular complexity index is 916. The number of ether oxygens (including phenoxy) is 1. The van der Waals surface area contributed by atoms with Crippen molar-refractivity contribution in [1.29, 1.82) is 0 Å². The molecule has 0 unspecified atom stereocenters. The van der Waals surface area contributed by atoms with E-state index in [2.05, 4.69) is 0 Å². The summed E-state index contributed by atoms with van der Waals surface area (Å²) in [6.07, 6.45) is 0. The lowest BCUT2D eigenvalue weighted by Gasteiger charge is -2.25. The van der Waals surface area contributed by atoms with Gasteiger partial charge in [0.1, 0.15) is 5.37 Å². The summed E-state index contributed by atoms with van der Waals surface area (Å²) in [5, 5.41) is 22.1. The smallest absolute Gasteiger partial charge is 0.311 e. The van der Waals surface area contributed by atoms with Gasteiger partial charge in [-0.3, -0.25) is 14.9 Å². The van der Waals surface area contributed by atoms with E-state index >= 15 is 0 Å². The molecule has 2 aromatic rings. The molecule has 0 N–H and O–H groups in total. The number of thioether (sulfide) groups is 1. The molecule has 1 amide bonds. The van der Waals surface area contributed by atoms with Crippen LogP contribution in [0.1, 0.15) is 31.7 Å². The SMILES string of the molecule is COc1ccc([C@@H]2SCCN2C(=O)c2ccccc2C(=O)[O-])cc1[N+](=O)[O-]. The molecule has 140 valence electrons. The Balaban J connectivity index is 1.97. The third-order valence-electron chi connectivity index (χ3n) is 4.21. The van der Waals surface area contributed by atoms with Crippen molar-refractivity contribution in [3.05, 3.63) is 69.3 Å². The van der Waals surface area contributed by atoms with Crippen LogP contribution in [0.3, 0.4) is 0 Å². The first-order valence-electron chi connectivity index (χ1n) is 7.99. The van der Waals surface area contributed by atoms with Crippen LogP contribution in [0.4, 0.5) is 5.69 Å². The van der Waals surface area contributed by atoms with Gasteiger partial charge in [-0.25, -0.2) is 0 Å². The molecule has 2 aromatic carbocycles. The first-order chi connectivity index (χ1) is 12.9. The Morgan fingerprint density at radius 2 is 1.93 bits per heavy atom. The predicted molar refractivity (Wildman–Crippen MR) is 96.7 cm³/mol. The van der Waals surface area contributed by atoms with Crippen LogP contribution in [0.15, 0.2) is 42.5 Å². The summed E-state index contributed by atoms with van der Waals surface area (Å²) in [4.78, 5) is 36.5. The Kier molecular flexibility index (Phi) is 5.31. The molecule has 8 nitrogen and oxygen atoms in total. The molecule has 0 radical (unpaired) electrons. The minimum absolute atomic E-state index is 0.0352. The van der Waals surface area contributed by atoms with Crippen LogP contribution < -0.4 is 9.84 Å². The zero-order chi connectivity index (χ0) is 19.6. The normalized spacial score (nSPS) is 16.2. The van der Waals surface area contributed by atoms with Crippen LogP contribution in [0.2, 0.25) is 0 Å². The van der Waals surface area contributed by atoms with E-state index in [-0.39, 0.29) is 22.6 Å². The quantitative estimate of drug-likeness (QED) is 0.568. The van der Waals surface area contributed by atoms with Crippen molar-refractivity contribution in [3.8, 4) is 5.75 Å². The number of rotatable bonds is 5. The van der Waals surface area contributed by atoms with Crippen molar-refractivity contribution in [2.75, 3.05) is 19.4 Å². The summed E-state index contributed by atoms with van der Waals surface area (Å²) in [7, 11) is 1.35. The zero-order valence-corrected chi connectivity index (χ0v) is 15.1. The van der Waals surface area contributed by atoms with Crippen LogP contribution >= 0.6 is 11.8 Å². The number of carboxylic acid groups (broad SMARTS) is 1. The second-order valence-electron chi connectivity index (χ2n) is 5.74. The van der Waals surface area contributed by atoms with Crippen molar-refractivity contribution in [2.45, 2.75) is 5.37 Å². The van der Waals surface area contributed by atoms with Crippen molar-refractivity contribution >= 4 is 29.3 Å². The van der Waals surface area contributed by atoms with Gasteiger partial charge in [-0.05, 0) is 17.7 Å². The number of carbonyl (C=O) groups is 2. The third kappa shape index (κ3) is 3.59. The number of nitro groups is 1.